The van der Waals surface area contributed by atoms with E-state index in [1.165, 1.54) is 0 Å². The molecule has 0 saturated carbocycles. The molecule has 6 heteroatoms. The van der Waals surface area contributed by atoms with E-state index in [0.29, 0.717) is 0 Å². The SMILES string of the molecule is c1ccc2oc(-c3cn(CCn4cccn4)nn3)cc2c1. The van der Waals surface area contributed by atoms with Gasteiger partial charge in [-0.25, -0.2) is 4.68 Å². The molecule has 0 aliphatic heterocycles. The number of benzene rings is 1. The largest absolute Gasteiger partial charge is 0.454 e. The lowest BCUT2D eigenvalue weighted by Gasteiger charge is -1.99. The van der Waals surface area contributed by atoms with Crippen LogP contribution in [0.3, 0.4) is 0 Å². The summed E-state index contributed by atoms with van der Waals surface area (Å²) in [7, 11) is 0. The van der Waals surface area contributed by atoms with E-state index in [1.807, 2.05) is 53.5 Å². The summed E-state index contributed by atoms with van der Waals surface area (Å²) >= 11 is 0. The van der Waals surface area contributed by atoms with Crippen LogP contribution in [0.15, 0.2) is 59.4 Å². The Morgan fingerprint density at radius 3 is 2.81 bits per heavy atom. The Bertz CT molecular complexity index is 826. The van der Waals surface area contributed by atoms with Crippen LogP contribution in [0.25, 0.3) is 22.4 Å². The van der Waals surface area contributed by atoms with E-state index in [0.717, 1.165) is 35.5 Å². The first kappa shape index (κ1) is 11.9. The maximum atomic E-state index is 5.78. The van der Waals surface area contributed by atoms with E-state index in [1.54, 1.807) is 10.9 Å². The van der Waals surface area contributed by atoms with Crippen LogP contribution in [0.2, 0.25) is 0 Å². The van der Waals surface area contributed by atoms with Crippen LogP contribution in [0.5, 0.6) is 0 Å². The lowest BCUT2D eigenvalue weighted by Crippen LogP contribution is -2.08. The van der Waals surface area contributed by atoms with E-state index in [2.05, 4.69) is 15.4 Å². The van der Waals surface area contributed by atoms with Crippen LogP contribution in [-0.2, 0) is 13.1 Å². The Morgan fingerprint density at radius 1 is 1.05 bits per heavy atom. The highest BCUT2D eigenvalue weighted by Crippen LogP contribution is 2.25. The molecule has 3 aromatic heterocycles. The van der Waals surface area contributed by atoms with Gasteiger partial charge in [0.05, 0.1) is 19.3 Å². The Labute approximate surface area is 120 Å². The van der Waals surface area contributed by atoms with Crippen LogP contribution in [0.1, 0.15) is 0 Å². The highest BCUT2D eigenvalue weighted by molar-refractivity contribution is 5.81. The Hall–Kier alpha value is -2.89. The molecule has 0 atom stereocenters. The summed E-state index contributed by atoms with van der Waals surface area (Å²) in [5, 5.41) is 13.5. The van der Waals surface area contributed by atoms with E-state index in [9.17, 15) is 0 Å². The zero-order valence-electron chi connectivity index (χ0n) is 11.3. The summed E-state index contributed by atoms with van der Waals surface area (Å²) in [6.45, 7) is 1.48. The number of rotatable bonds is 4. The Balaban J connectivity index is 1.56. The van der Waals surface area contributed by atoms with Crippen LogP contribution in [0, 0.1) is 0 Å². The van der Waals surface area contributed by atoms with Crippen LogP contribution in [-0.4, -0.2) is 24.8 Å². The molecular formula is C15H13N5O. The summed E-state index contributed by atoms with van der Waals surface area (Å²) in [5.74, 6) is 0.738. The molecule has 104 valence electrons. The molecule has 21 heavy (non-hydrogen) atoms. The average Bonchev–Trinajstić information content (AvgIpc) is 3.24. The maximum absolute atomic E-state index is 5.78. The predicted octanol–water partition coefficient (Wildman–Crippen LogP) is 2.59. The molecule has 1 aromatic carbocycles. The third-order valence-corrected chi connectivity index (χ3v) is 3.33. The minimum Gasteiger partial charge on any atom is -0.454 e. The van der Waals surface area contributed by atoms with Gasteiger partial charge in [-0.2, -0.15) is 5.10 Å². The van der Waals surface area contributed by atoms with Gasteiger partial charge < -0.3 is 4.42 Å². The minimum atomic E-state index is 0.717. The monoisotopic (exact) mass is 279 g/mol. The Kier molecular flexibility index (Phi) is 2.77. The average molecular weight is 279 g/mol. The van der Waals surface area contributed by atoms with Crippen LogP contribution >= 0.6 is 0 Å². The molecule has 6 nitrogen and oxygen atoms in total. The molecule has 0 amide bonds. The molecule has 3 heterocycles. The molecular weight excluding hydrogens is 266 g/mol. The summed E-state index contributed by atoms with van der Waals surface area (Å²) in [6.07, 6.45) is 5.58. The highest BCUT2D eigenvalue weighted by atomic mass is 16.3. The minimum absolute atomic E-state index is 0.717. The molecule has 4 rings (SSSR count). The quantitative estimate of drug-likeness (QED) is 0.576. The van der Waals surface area contributed by atoms with Gasteiger partial charge in [0.25, 0.3) is 0 Å². The lowest BCUT2D eigenvalue weighted by molar-refractivity contribution is 0.490. The molecule has 0 radical (unpaired) electrons. The van der Waals surface area contributed by atoms with Crippen LogP contribution in [0.4, 0.5) is 0 Å². The third-order valence-electron chi connectivity index (χ3n) is 3.33. The fourth-order valence-electron chi connectivity index (χ4n) is 2.27. The second kappa shape index (κ2) is 4.90. The number of aromatic nitrogens is 5. The fourth-order valence-corrected chi connectivity index (χ4v) is 2.27. The number of fused-ring (bicyclic) bond motifs is 1. The van der Waals surface area contributed by atoms with Gasteiger partial charge in [0.15, 0.2) is 5.76 Å². The molecule has 0 fully saturated rings. The van der Waals surface area contributed by atoms with Gasteiger partial charge in [-0.1, -0.05) is 23.4 Å². The van der Waals surface area contributed by atoms with E-state index in [4.69, 9.17) is 4.42 Å². The van der Waals surface area contributed by atoms with Crippen molar-refractivity contribution in [2.45, 2.75) is 13.1 Å². The van der Waals surface area contributed by atoms with Crippen molar-refractivity contribution in [2.75, 3.05) is 0 Å². The molecule has 4 aromatic rings. The predicted molar refractivity (Wildman–Crippen MR) is 77.5 cm³/mol. The van der Waals surface area contributed by atoms with Gasteiger partial charge in [0.1, 0.15) is 11.3 Å². The van der Waals surface area contributed by atoms with Gasteiger partial charge in [0.2, 0.25) is 0 Å². The molecule has 0 aliphatic carbocycles. The van der Waals surface area contributed by atoms with Crippen molar-refractivity contribution in [2.24, 2.45) is 0 Å². The third kappa shape index (κ3) is 2.31. The van der Waals surface area contributed by atoms with E-state index in [-0.39, 0.29) is 0 Å². The fraction of sp³-hybridized carbons (Fsp3) is 0.133. The first-order valence-electron chi connectivity index (χ1n) is 6.75. The van der Waals surface area contributed by atoms with Crippen molar-refractivity contribution in [3.8, 4) is 11.5 Å². The molecule has 0 spiro atoms. The second-order valence-electron chi connectivity index (χ2n) is 4.78. The van der Waals surface area contributed by atoms with Crippen LogP contribution < -0.4 is 0 Å². The van der Waals surface area contributed by atoms with Crippen molar-refractivity contribution in [1.82, 2.24) is 24.8 Å². The van der Waals surface area contributed by atoms with Crippen molar-refractivity contribution in [3.05, 3.63) is 55.0 Å². The van der Waals surface area contributed by atoms with Gasteiger partial charge in [-0.3, -0.25) is 4.68 Å². The molecule has 0 bridgehead atoms. The summed E-state index contributed by atoms with van der Waals surface area (Å²) in [6, 6.07) is 11.8. The first-order valence-corrected chi connectivity index (χ1v) is 6.75. The van der Waals surface area contributed by atoms with Gasteiger partial charge in [0, 0.05) is 17.8 Å². The zero-order chi connectivity index (χ0) is 14.1. The number of para-hydroxylation sites is 1. The zero-order valence-corrected chi connectivity index (χ0v) is 11.3. The van der Waals surface area contributed by atoms with Crippen molar-refractivity contribution < 1.29 is 4.42 Å². The summed E-state index contributed by atoms with van der Waals surface area (Å²) in [4.78, 5) is 0. The van der Waals surface area contributed by atoms with E-state index >= 15 is 0 Å². The maximum Gasteiger partial charge on any atom is 0.157 e. The molecule has 0 unspecified atom stereocenters. The second-order valence-corrected chi connectivity index (χ2v) is 4.78. The van der Waals surface area contributed by atoms with Crippen molar-refractivity contribution in [3.63, 3.8) is 0 Å². The van der Waals surface area contributed by atoms with Crippen molar-refractivity contribution >= 4 is 11.0 Å². The number of hydrogen-bond donors (Lipinski definition) is 0. The number of nitrogens with zero attached hydrogens (tertiary/aromatic N) is 5. The van der Waals surface area contributed by atoms with Gasteiger partial charge >= 0.3 is 0 Å². The summed E-state index contributed by atoms with van der Waals surface area (Å²) < 4.78 is 9.44. The topological polar surface area (TPSA) is 61.7 Å². The molecule has 0 saturated heterocycles. The molecule has 0 N–H and O–H groups in total. The standard InChI is InChI=1S/C15H13N5O/c1-2-5-14-12(4-1)10-15(21-14)13-11-20(18-17-13)9-8-19-7-3-6-16-19/h1-7,10-11H,8-9H2. The van der Waals surface area contributed by atoms with Gasteiger partial charge in [-0.15, -0.1) is 5.10 Å². The number of hydrogen-bond acceptors (Lipinski definition) is 4. The summed E-state index contributed by atoms with van der Waals surface area (Å²) in [5.41, 5.74) is 1.60. The Morgan fingerprint density at radius 2 is 1.95 bits per heavy atom. The smallest absolute Gasteiger partial charge is 0.157 e. The number of aryl methyl sites for hydroxylation is 2. The lowest BCUT2D eigenvalue weighted by atomic mass is 10.2. The highest BCUT2D eigenvalue weighted by Gasteiger charge is 2.09. The first-order chi connectivity index (χ1) is 10.4. The van der Waals surface area contributed by atoms with E-state index < -0.39 is 0 Å². The van der Waals surface area contributed by atoms with Crippen molar-refractivity contribution in [1.29, 1.82) is 0 Å². The number of furan rings is 1. The normalized spacial score (nSPS) is 11.2. The van der Waals surface area contributed by atoms with Gasteiger partial charge in [-0.05, 0) is 18.2 Å². The molecule has 0 aliphatic rings.